The van der Waals surface area contributed by atoms with Gasteiger partial charge in [0.25, 0.3) is 0 Å². The van der Waals surface area contributed by atoms with Crippen molar-refractivity contribution >= 4 is 17.8 Å². The minimum absolute atomic E-state index is 0.0152. The average molecular weight is 263 g/mol. The molecular formula is C14H17NO4. The molecule has 3 aliphatic rings. The van der Waals surface area contributed by atoms with E-state index in [1.807, 2.05) is 0 Å². The SMILES string of the molecule is CC(CCC(=O)O)N1C(=O)C2C3C=CC(C3)C2C1=O. The van der Waals surface area contributed by atoms with Gasteiger partial charge < -0.3 is 5.11 Å². The Morgan fingerprint density at radius 3 is 2.32 bits per heavy atom. The molecule has 2 bridgehead atoms. The molecule has 5 heteroatoms. The predicted molar refractivity (Wildman–Crippen MR) is 65.9 cm³/mol. The first-order chi connectivity index (χ1) is 9.00. The summed E-state index contributed by atoms with van der Waals surface area (Å²) in [5.74, 6) is -1.03. The van der Waals surface area contributed by atoms with E-state index in [0.717, 1.165) is 6.42 Å². The topological polar surface area (TPSA) is 74.7 Å². The molecule has 1 N–H and O–H groups in total. The monoisotopic (exact) mass is 263 g/mol. The molecule has 0 aromatic rings. The van der Waals surface area contributed by atoms with Gasteiger partial charge in [-0.1, -0.05) is 12.2 Å². The molecule has 2 fully saturated rings. The second-order valence-electron chi connectivity index (χ2n) is 5.83. The Bertz CT molecular complexity index is 454. The van der Waals surface area contributed by atoms with Gasteiger partial charge >= 0.3 is 5.97 Å². The maximum Gasteiger partial charge on any atom is 0.303 e. The highest BCUT2D eigenvalue weighted by Crippen LogP contribution is 2.52. The lowest BCUT2D eigenvalue weighted by Crippen LogP contribution is -2.40. The molecule has 1 saturated carbocycles. The Labute approximate surface area is 111 Å². The van der Waals surface area contributed by atoms with Crippen LogP contribution in [0.5, 0.6) is 0 Å². The average Bonchev–Trinajstić information content (AvgIpc) is 3.01. The van der Waals surface area contributed by atoms with Crippen molar-refractivity contribution in [3.63, 3.8) is 0 Å². The molecule has 5 unspecified atom stereocenters. The molecule has 0 aromatic heterocycles. The zero-order chi connectivity index (χ0) is 13.7. The van der Waals surface area contributed by atoms with E-state index in [9.17, 15) is 14.4 Å². The maximum atomic E-state index is 12.4. The van der Waals surface area contributed by atoms with Gasteiger partial charge in [0, 0.05) is 12.5 Å². The van der Waals surface area contributed by atoms with Crippen molar-refractivity contribution in [1.29, 1.82) is 0 Å². The second-order valence-corrected chi connectivity index (χ2v) is 5.83. The zero-order valence-corrected chi connectivity index (χ0v) is 10.8. The van der Waals surface area contributed by atoms with Crippen molar-refractivity contribution in [2.45, 2.75) is 32.2 Å². The first-order valence-electron chi connectivity index (χ1n) is 6.77. The summed E-state index contributed by atoms with van der Waals surface area (Å²) in [5.41, 5.74) is 0. The summed E-state index contributed by atoms with van der Waals surface area (Å²) in [6, 6.07) is -0.318. The number of rotatable bonds is 4. The molecule has 2 aliphatic carbocycles. The summed E-state index contributed by atoms with van der Waals surface area (Å²) in [4.78, 5) is 36.7. The number of imide groups is 1. The van der Waals surface area contributed by atoms with Gasteiger partial charge in [0.2, 0.25) is 11.8 Å². The van der Waals surface area contributed by atoms with E-state index in [0.29, 0.717) is 6.42 Å². The summed E-state index contributed by atoms with van der Waals surface area (Å²) in [6.45, 7) is 1.76. The summed E-state index contributed by atoms with van der Waals surface area (Å²) in [5, 5.41) is 8.69. The van der Waals surface area contributed by atoms with E-state index < -0.39 is 5.97 Å². The number of carbonyl (C=O) groups excluding carboxylic acids is 2. The lowest BCUT2D eigenvalue weighted by atomic mass is 9.85. The third-order valence-corrected chi connectivity index (χ3v) is 4.72. The van der Waals surface area contributed by atoms with E-state index >= 15 is 0 Å². The lowest BCUT2D eigenvalue weighted by molar-refractivity contribution is -0.145. The van der Waals surface area contributed by atoms with E-state index in [-0.39, 0.29) is 47.9 Å². The largest absolute Gasteiger partial charge is 0.481 e. The van der Waals surface area contributed by atoms with E-state index in [1.165, 1.54) is 4.90 Å². The van der Waals surface area contributed by atoms with Crippen LogP contribution in [-0.4, -0.2) is 33.8 Å². The number of aliphatic carboxylic acids is 1. The quantitative estimate of drug-likeness (QED) is 0.607. The fraction of sp³-hybridized carbons (Fsp3) is 0.643. The highest BCUT2D eigenvalue weighted by atomic mass is 16.4. The minimum atomic E-state index is -0.895. The molecule has 0 radical (unpaired) electrons. The molecule has 2 amide bonds. The van der Waals surface area contributed by atoms with Gasteiger partial charge in [0.05, 0.1) is 11.8 Å². The van der Waals surface area contributed by atoms with Crippen molar-refractivity contribution in [1.82, 2.24) is 4.90 Å². The highest BCUT2D eigenvalue weighted by molar-refractivity contribution is 6.06. The molecule has 102 valence electrons. The van der Waals surface area contributed by atoms with Gasteiger partial charge in [-0.2, -0.15) is 0 Å². The number of hydrogen-bond donors (Lipinski definition) is 1. The van der Waals surface area contributed by atoms with Crippen LogP contribution in [0.15, 0.2) is 12.2 Å². The molecule has 5 nitrogen and oxygen atoms in total. The third kappa shape index (κ3) is 1.71. The first kappa shape index (κ1) is 12.4. The normalized spacial score (nSPS) is 37.0. The van der Waals surface area contributed by atoms with Gasteiger partial charge in [-0.15, -0.1) is 0 Å². The number of carboxylic acid groups (broad SMARTS) is 1. The number of fused-ring (bicyclic) bond motifs is 5. The van der Waals surface area contributed by atoms with Crippen LogP contribution in [0.2, 0.25) is 0 Å². The molecule has 1 aliphatic heterocycles. The molecule has 19 heavy (non-hydrogen) atoms. The summed E-state index contributed by atoms with van der Waals surface area (Å²) >= 11 is 0. The van der Waals surface area contributed by atoms with Crippen LogP contribution in [0.4, 0.5) is 0 Å². The Kier molecular flexibility index (Phi) is 2.73. The minimum Gasteiger partial charge on any atom is -0.481 e. The van der Waals surface area contributed by atoms with Crippen LogP contribution >= 0.6 is 0 Å². The van der Waals surface area contributed by atoms with Crippen LogP contribution < -0.4 is 0 Å². The van der Waals surface area contributed by atoms with Crippen LogP contribution in [0.3, 0.4) is 0 Å². The Hall–Kier alpha value is -1.65. The molecule has 1 heterocycles. The fourth-order valence-electron chi connectivity index (χ4n) is 3.82. The summed E-state index contributed by atoms with van der Waals surface area (Å²) < 4.78 is 0. The molecule has 1 saturated heterocycles. The van der Waals surface area contributed by atoms with Gasteiger partial charge in [-0.3, -0.25) is 19.3 Å². The number of likely N-dealkylation sites (tertiary alicyclic amines) is 1. The van der Waals surface area contributed by atoms with E-state index in [4.69, 9.17) is 5.11 Å². The van der Waals surface area contributed by atoms with Crippen molar-refractivity contribution in [3.8, 4) is 0 Å². The highest BCUT2D eigenvalue weighted by Gasteiger charge is 2.59. The number of hydrogen-bond acceptors (Lipinski definition) is 3. The second kappa shape index (κ2) is 4.18. The van der Waals surface area contributed by atoms with Crippen molar-refractivity contribution in [2.24, 2.45) is 23.7 Å². The molecule has 5 atom stereocenters. The Morgan fingerprint density at radius 1 is 1.32 bits per heavy atom. The van der Waals surface area contributed by atoms with Gasteiger partial charge in [-0.25, -0.2) is 0 Å². The van der Waals surface area contributed by atoms with Crippen molar-refractivity contribution < 1.29 is 19.5 Å². The maximum absolute atomic E-state index is 12.4. The summed E-state index contributed by atoms with van der Waals surface area (Å²) in [7, 11) is 0. The standard InChI is InChI=1S/C14H17NO4/c1-7(2-5-10(16)17)15-13(18)11-8-3-4-9(6-8)12(11)14(15)19/h3-4,7-9,11-12H,2,5-6H2,1H3,(H,16,17). The van der Waals surface area contributed by atoms with Crippen molar-refractivity contribution in [3.05, 3.63) is 12.2 Å². The lowest BCUT2D eigenvalue weighted by Gasteiger charge is -2.24. The third-order valence-electron chi connectivity index (χ3n) is 4.72. The molecule has 0 aromatic carbocycles. The number of amides is 2. The zero-order valence-electron chi connectivity index (χ0n) is 10.8. The van der Waals surface area contributed by atoms with Crippen LogP contribution in [0.25, 0.3) is 0 Å². The van der Waals surface area contributed by atoms with E-state index in [1.54, 1.807) is 6.92 Å². The smallest absolute Gasteiger partial charge is 0.303 e. The van der Waals surface area contributed by atoms with Gasteiger partial charge in [0.15, 0.2) is 0 Å². The number of allylic oxidation sites excluding steroid dienone is 2. The molecular weight excluding hydrogens is 246 g/mol. The molecule has 0 spiro atoms. The van der Waals surface area contributed by atoms with Gasteiger partial charge in [0.1, 0.15) is 0 Å². The van der Waals surface area contributed by atoms with Crippen molar-refractivity contribution in [2.75, 3.05) is 0 Å². The number of carbonyl (C=O) groups is 3. The van der Waals surface area contributed by atoms with Gasteiger partial charge in [-0.05, 0) is 31.6 Å². The fourth-order valence-corrected chi connectivity index (χ4v) is 3.82. The first-order valence-corrected chi connectivity index (χ1v) is 6.77. The number of nitrogens with zero attached hydrogens (tertiary/aromatic N) is 1. The summed E-state index contributed by atoms with van der Waals surface area (Å²) in [6.07, 6.45) is 5.35. The molecule has 3 rings (SSSR count). The van der Waals surface area contributed by atoms with Crippen LogP contribution in [0.1, 0.15) is 26.2 Å². The van der Waals surface area contributed by atoms with Crippen LogP contribution in [-0.2, 0) is 14.4 Å². The Balaban J connectivity index is 1.77. The Morgan fingerprint density at radius 2 is 1.84 bits per heavy atom. The van der Waals surface area contributed by atoms with E-state index in [2.05, 4.69) is 12.2 Å². The van der Waals surface area contributed by atoms with Crippen LogP contribution in [0, 0.1) is 23.7 Å². The number of carboxylic acids is 1. The predicted octanol–water partition coefficient (Wildman–Crippen LogP) is 1.05.